The molecule has 0 amide bonds. The van der Waals surface area contributed by atoms with Gasteiger partial charge in [-0.15, -0.1) is 23.1 Å². The minimum absolute atomic E-state index is 0.444. The fourth-order valence-electron chi connectivity index (χ4n) is 2.27. The van der Waals surface area contributed by atoms with Crippen molar-refractivity contribution >= 4 is 23.1 Å². The van der Waals surface area contributed by atoms with Crippen molar-refractivity contribution in [3.8, 4) is 0 Å². The molecule has 0 radical (unpaired) electrons. The fraction of sp³-hybridized carbons (Fsp3) is 0.462. The van der Waals surface area contributed by atoms with Gasteiger partial charge >= 0.3 is 0 Å². The summed E-state index contributed by atoms with van der Waals surface area (Å²) in [5.74, 6) is 0.871. The molecule has 1 aliphatic heterocycles. The summed E-state index contributed by atoms with van der Waals surface area (Å²) in [6.07, 6.45) is 1.17. The number of aryl methyl sites for hydroxylation is 1. The molecule has 0 bridgehead atoms. The molecule has 2 aromatic rings. The van der Waals surface area contributed by atoms with Crippen LogP contribution in [0.25, 0.3) is 0 Å². The Bertz CT molecular complexity index is 535. The third-order valence-electron chi connectivity index (χ3n) is 3.12. The Kier molecular flexibility index (Phi) is 3.46. The van der Waals surface area contributed by atoms with Gasteiger partial charge in [0, 0.05) is 23.9 Å². The van der Waals surface area contributed by atoms with Crippen LogP contribution in [0, 0.1) is 6.92 Å². The molecule has 0 saturated carbocycles. The molecule has 3 heterocycles. The predicted molar refractivity (Wildman–Crippen MR) is 75.1 cm³/mol. The van der Waals surface area contributed by atoms with E-state index in [9.17, 15) is 0 Å². The molecule has 2 atom stereocenters. The molecular weight excluding hydrogens is 264 g/mol. The zero-order chi connectivity index (χ0) is 12.5. The highest BCUT2D eigenvalue weighted by Crippen LogP contribution is 2.43. The maximum atomic E-state index is 5.09. The lowest BCUT2D eigenvalue weighted by Crippen LogP contribution is -2.26. The van der Waals surface area contributed by atoms with Gasteiger partial charge in [0.25, 0.3) is 0 Å². The quantitative estimate of drug-likeness (QED) is 0.929. The molecule has 18 heavy (non-hydrogen) atoms. The lowest BCUT2D eigenvalue weighted by atomic mass is 10.0. The van der Waals surface area contributed by atoms with Crippen molar-refractivity contribution in [1.82, 2.24) is 10.5 Å². The summed E-state index contributed by atoms with van der Waals surface area (Å²) in [5, 5.41) is 10.5. The van der Waals surface area contributed by atoms with Crippen LogP contribution in [0.1, 0.15) is 36.4 Å². The molecule has 1 N–H and O–H groups in total. The number of rotatable bonds is 3. The van der Waals surface area contributed by atoms with Crippen molar-refractivity contribution in [1.29, 1.82) is 0 Å². The van der Waals surface area contributed by atoms with Gasteiger partial charge in [0.05, 0.1) is 9.90 Å². The highest BCUT2D eigenvalue weighted by Gasteiger charge is 2.25. The number of hydrogen-bond acceptors (Lipinski definition) is 5. The van der Waals surface area contributed by atoms with E-state index in [1.807, 2.05) is 36.1 Å². The largest absolute Gasteiger partial charge is 0.361 e. The van der Waals surface area contributed by atoms with Crippen LogP contribution in [0.4, 0.5) is 0 Å². The second kappa shape index (κ2) is 5.07. The molecule has 0 spiro atoms. The average Bonchev–Trinajstić information content (AvgIpc) is 2.94. The lowest BCUT2D eigenvalue weighted by molar-refractivity contribution is 0.383. The minimum atomic E-state index is 0.444. The first-order chi connectivity index (χ1) is 8.72. The first kappa shape index (κ1) is 12.3. The Balaban J connectivity index is 1.70. The van der Waals surface area contributed by atoms with Crippen molar-refractivity contribution in [2.45, 2.75) is 42.3 Å². The minimum Gasteiger partial charge on any atom is -0.361 e. The summed E-state index contributed by atoms with van der Waals surface area (Å²) in [6.45, 7) is 4.99. The number of thiophene rings is 1. The molecule has 3 rings (SSSR count). The zero-order valence-electron chi connectivity index (χ0n) is 10.5. The normalized spacial score (nSPS) is 23.0. The fourth-order valence-corrected chi connectivity index (χ4v) is 4.84. The van der Waals surface area contributed by atoms with Gasteiger partial charge in [0.15, 0.2) is 0 Å². The Labute approximate surface area is 115 Å². The molecule has 2 aromatic heterocycles. The average molecular weight is 280 g/mol. The number of nitrogens with one attached hydrogen (secondary N) is 1. The molecule has 5 heteroatoms. The monoisotopic (exact) mass is 280 g/mol. The van der Waals surface area contributed by atoms with Gasteiger partial charge < -0.3 is 9.84 Å². The summed E-state index contributed by atoms with van der Waals surface area (Å²) in [7, 11) is 0. The van der Waals surface area contributed by atoms with E-state index in [4.69, 9.17) is 4.52 Å². The van der Waals surface area contributed by atoms with E-state index in [0.717, 1.165) is 18.0 Å². The summed E-state index contributed by atoms with van der Waals surface area (Å²) in [5.41, 5.74) is 2.43. The number of fused-ring (bicyclic) bond motifs is 1. The summed E-state index contributed by atoms with van der Waals surface area (Å²) in [4.78, 5) is 0. The van der Waals surface area contributed by atoms with E-state index in [1.165, 1.54) is 16.2 Å². The second-order valence-electron chi connectivity index (χ2n) is 4.69. The lowest BCUT2D eigenvalue weighted by Gasteiger charge is -2.27. The van der Waals surface area contributed by atoms with Crippen molar-refractivity contribution in [3.63, 3.8) is 0 Å². The zero-order valence-corrected chi connectivity index (χ0v) is 12.1. The van der Waals surface area contributed by atoms with E-state index in [0.29, 0.717) is 11.3 Å². The van der Waals surface area contributed by atoms with Crippen molar-refractivity contribution < 1.29 is 4.52 Å². The summed E-state index contributed by atoms with van der Waals surface area (Å²) in [6, 6.07) is 4.67. The van der Waals surface area contributed by atoms with Gasteiger partial charge in [0.1, 0.15) is 5.76 Å². The Morgan fingerprint density at radius 1 is 1.56 bits per heavy atom. The van der Waals surface area contributed by atoms with Gasteiger partial charge in [0.2, 0.25) is 0 Å². The summed E-state index contributed by atoms with van der Waals surface area (Å²) >= 11 is 3.84. The molecule has 1 unspecified atom stereocenters. The first-order valence-corrected chi connectivity index (χ1v) is 7.88. The van der Waals surface area contributed by atoms with Crippen LogP contribution in [0.3, 0.4) is 0 Å². The number of nitrogens with zero attached hydrogens (tertiary/aromatic N) is 1. The summed E-state index contributed by atoms with van der Waals surface area (Å²) < 4.78 is 6.55. The Hall–Kier alpha value is -0.780. The second-order valence-corrected chi connectivity index (χ2v) is 7.31. The molecule has 3 nitrogen and oxygen atoms in total. The van der Waals surface area contributed by atoms with E-state index >= 15 is 0 Å². The first-order valence-electron chi connectivity index (χ1n) is 6.12. The SMILES string of the molecule is Cc1cc(CNC2C[C@H](C)Sc3sccc32)no1. The highest BCUT2D eigenvalue weighted by atomic mass is 32.2. The van der Waals surface area contributed by atoms with Crippen molar-refractivity contribution in [2.24, 2.45) is 0 Å². The van der Waals surface area contributed by atoms with Gasteiger partial charge in [-0.2, -0.15) is 0 Å². The smallest absolute Gasteiger partial charge is 0.133 e. The molecule has 0 fully saturated rings. The van der Waals surface area contributed by atoms with E-state index in [2.05, 4.69) is 28.8 Å². The molecule has 1 aliphatic rings. The van der Waals surface area contributed by atoms with Crippen LogP contribution in [-0.2, 0) is 6.54 Å². The van der Waals surface area contributed by atoms with Crippen molar-refractivity contribution in [3.05, 3.63) is 34.5 Å². The van der Waals surface area contributed by atoms with Gasteiger partial charge in [-0.1, -0.05) is 12.1 Å². The Morgan fingerprint density at radius 2 is 2.44 bits per heavy atom. The number of thioether (sulfide) groups is 1. The van der Waals surface area contributed by atoms with Crippen LogP contribution >= 0.6 is 23.1 Å². The predicted octanol–water partition coefficient (Wildman–Crippen LogP) is 3.76. The van der Waals surface area contributed by atoms with Gasteiger partial charge in [-0.25, -0.2) is 0 Å². The van der Waals surface area contributed by atoms with Crippen LogP contribution in [-0.4, -0.2) is 10.4 Å². The maximum absolute atomic E-state index is 5.09. The van der Waals surface area contributed by atoms with E-state index in [1.54, 1.807) is 0 Å². The van der Waals surface area contributed by atoms with Crippen LogP contribution in [0.2, 0.25) is 0 Å². The number of aromatic nitrogens is 1. The molecular formula is C13H16N2OS2. The van der Waals surface area contributed by atoms with Gasteiger partial charge in [-0.05, 0) is 30.4 Å². The number of hydrogen-bond donors (Lipinski definition) is 1. The van der Waals surface area contributed by atoms with Gasteiger partial charge in [-0.3, -0.25) is 0 Å². The van der Waals surface area contributed by atoms with Crippen molar-refractivity contribution in [2.75, 3.05) is 0 Å². The topological polar surface area (TPSA) is 38.1 Å². The third-order valence-corrected chi connectivity index (χ3v) is 5.46. The highest BCUT2D eigenvalue weighted by molar-refractivity contribution is 8.01. The van der Waals surface area contributed by atoms with Crippen LogP contribution in [0.5, 0.6) is 0 Å². The van der Waals surface area contributed by atoms with E-state index in [-0.39, 0.29) is 0 Å². The Morgan fingerprint density at radius 3 is 3.22 bits per heavy atom. The van der Waals surface area contributed by atoms with Crippen LogP contribution in [0.15, 0.2) is 26.2 Å². The van der Waals surface area contributed by atoms with E-state index < -0.39 is 0 Å². The third kappa shape index (κ3) is 2.48. The molecule has 96 valence electrons. The molecule has 0 aromatic carbocycles. The van der Waals surface area contributed by atoms with Crippen LogP contribution < -0.4 is 5.32 Å². The molecule has 0 saturated heterocycles. The molecule has 0 aliphatic carbocycles. The maximum Gasteiger partial charge on any atom is 0.133 e. The standard InChI is InChI=1S/C13H16N2OS2/c1-8-5-10(15-16-8)7-14-12-6-9(2)18-13-11(12)3-4-17-13/h3-5,9,12,14H,6-7H2,1-2H3/t9-,12?/m0/s1.